The van der Waals surface area contributed by atoms with Gasteiger partial charge in [-0.1, -0.05) is 6.07 Å². The number of furan rings is 1. The molecule has 8 heteroatoms. The first-order valence-electron chi connectivity index (χ1n) is 11.4. The van der Waals surface area contributed by atoms with Crippen LogP contribution in [0.5, 0.6) is 5.75 Å². The fraction of sp³-hybridized carbons (Fsp3) is 0.542. The summed E-state index contributed by atoms with van der Waals surface area (Å²) in [6.45, 7) is 6.06. The van der Waals surface area contributed by atoms with Crippen LogP contribution in [0.2, 0.25) is 0 Å². The minimum absolute atomic E-state index is 0. The van der Waals surface area contributed by atoms with Crippen molar-refractivity contribution in [3.63, 3.8) is 0 Å². The Morgan fingerprint density at radius 1 is 1.19 bits per heavy atom. The summed E-state index contributed by atoms with van der Waals surface area (Å²) in [5.74, 6) is 3.38. The molecular formula is C24H36IN5O2. The molecule has 1 aromatic heterocycles. The van der Waals surface area contributed by atoms with Crippen LogP contribution in [-0.2, 0) is 0 Å². The normalized spacial score (nSPS) is 20.1. The van der Waals surface area contributed by atoms with Crippen LogP contribution in [0, 0.1) is 5.92 Å². The standard InChI is InChI=1S/C24H35N5O2.HI/c1-25-24(27-17-22(23-9-6-14-31-23)28-11-3-4-12-28)26-16-19-10-13-29(18-19)20-7-5-8-21(15-20)30-2;/h5-9,14-15,19,22H,3-4,10-13,16-18H2,1-2H3,(H2,25,26,27);1H. The summed E-state index contributed by atoms with van der Waals surface area (Å²) < 4.78 is 11.1. The Morgan fingerprint density at radius 2 is 2.03 bits per heavy atom. The second-order valence-corrected chi connectivity index (χ2v) is 8.41. The predicted octanol–water partition coefficient (Wildman–Crippen LogP) is 3.73. The van der Waals surface area contributed by atoms with Gasteiger partial charge in [0.05, 0.1) is 19.4 Å². The van der Waals surface area contributed by atoms with Crippen LogP contribution in [-0.4, -0.2) is 64.3 Å². The van der Waals surface area contributed by atoms with E-state index in [1.54, 1.807) is 13.4 Å². The molecule has 2 unspecified atom stereocenters. The number of nitrogens with one attached hydrogen (secondary N) is 2. The highest BCUT2D eigenvalue weighted by atomic mass is 127. The Kier molecular flexibility index (Phi) is 9.52. The maximum absolute atomic E-state index is 5.73. The summed E-state index contributed by atoms with van der Waals surface area (Å²) in [4.78, 5) is 9.38. The monoisotopic (exact) mass is 553 g/mol. The number of guanidine groups is 1. The van der Waals surface area contributed by atoms with Crippen LogP contribution < -0.4 is 20.3 Å². The van der Waals surface area contributed by atoms with Gasteiger partial charge >= 0.3 is 0 Å². The molecule has 32 heavy (non-hydrogen) atoms. The van der Waals surface area contributed by atoms with Crippen molar-refractivity contribution in [3.05, 3.63) is 48.4 Å². The number of benzene rings is 1. The molecule has 176 valence electrons. The summed E-state index contributed by atoms with van der Waals surface area (Å²) in [5.41, 5.74) is 1.23. The molecular weight excluding hydrogens is 517 g/mol. The molecule has 0 radical (unpaired) electrons. The molecule has 0 bridgehead atoms. The zero-order valence-corrected chi connectivity index (χ0v) is 21.5. The Balaban J connectivity index is 0.00000289. The van der Waals surface area contributed by atoms with Gasteiger partial charge in [-0.05, 0) is 62.5 Å². The summed E-state index contributed by atoms with van der Waals surface area (Å²) in [5, 5.41) is 7.06. The van der Waals surface area contributed by atoms with Gasteiger partial charge < -0.3 is 24.7 Å². The zero-order valence-electron chi connectivity index (χ0n) is 19.1. The van der Waals surface area contributed by atoms with Crippen LogP contribution in [0.4, 0.5) is 5.69 Å². The number of hydrogen-bond donors (Lipinski definition) is 2. The van der Waals surface area contributed by atoms with Crippen molar-refractivity contribution in [2.75, 3.05) is 58.3 Å². The average molecular weight is 553 g/mol. The number of halogens is 1. The lowest BCUT2D eigenvalue weighted by Gasteiger charge is -2.27. The topological polar surface area (TPSA) is 65.3 Å². The predicted molar refractivity (Wildman–Crippen MR) is 140 cm³/mol. The first-order chi connectivity index (χ1) is 15.3. The van der Waals surface area contributed by atoms with Gasteiger partial charge in [-0.25, -0.2) is 0 Å². The van der Waals surface area contributed by atoms with Crippen LogP contribution in [0.25, 0.3) is 0 Å². The Morgan fingerprint density at radius 3 is 2.75 bits per heavy atom. The second-order valence-electron chi connectivity index (χ2n) is 8.41. The van der Waals surface area contributed by atoms with E-state index in [4.69, 9.17) is 9.15 Å². The third-order valence-corrected chi connectivity index (χ3v) is 6.40. The fourth-order valence-corrected chi connectivity index (χ4v) is 4.64. The minimum Gasteiger partial charge on any atom is -0.497 e. The summed E-state index contributed by atoms with van der Waals surface area (Å²) in [6.07, 6.45) is 5.45. The van der Waals surface area contributed by atoms with E-state index in [2.05, 4.69) is 49.7 Å². The van der Waals surface area contributed by atoms with E-state index >= 15 is 0 Å². The quantitative estimate of drug-likeness (QED) is 0.295. The van der Waals surface area contributed by atoms with Crippen LogP contribution in [0.3, 0.4) is 0 Å². The largest absolute Gasteiger partial charge is 0.497 e. The van der Waals surface area contributed by atoms with Gasteiger partial charge in [0.1, 0.15) is 11.5 Å². The van der Waals surface area contributed by atoms with Gasteiger partial charge in [-0.15, -0.1) is 24.0 Å². The highest BCUT2D eigenvalue weighted by Gasteiger charge is 2.26. The molecule has 0 saturated carbocycles. The van der Waals surface area contributed by atoms with Crippen molar-refractivity contribution in [3.8, 4) is 5.75 Å². The molecule has 2 saturated heterocycles. The smallest absolute Gasteiger partial charge is 0.191 e. The van der Waals surface area contributed by atoms with E-state index in [1.165, 1.54) is 24.9 Å². The highest BCUT2D eigenvalue weighted by Crippen LogP contribution is 2.27. The number of likely N-dealkylation sites (tertiary alicyclic amines) is 1. The average Bonchev–Trinajstić information content (AvgIpc) is 3.59. The second kappa shape index (κ2) is 12.3. The molecule has 2 aliphatic rings. The van der Waals surface area contributed by atoms with Crippen molar-refractivity contribution in [1.29, 1.82) is 0 Å². The molecule has 2 aromatic rings. The molecule has 2 aliphatic heterocycles. The molecule has 0 amide bonds. The van der Waals surface area contributed by atoms with Crippen molar-refractivity contribution in [2.45, 2.75) is 25.3 Å². The maximum Gasteiger partial charge on any atom is 0.191 e. The third kappa shape index (κ3) is 6.31. The zero-order chi connectivity index (χ0) is 21.5. The lowest BCUT2D eigenvalue weighted by atomic mass is 10.1. The minimum atomic E-state index is 0. The number of hydrogen-bond acceptors (Lipinski definition) is 5. The first kappa shape index (κ1) is 24.7. The fourth-order valence-electron chi connectivity index (χ4n) is 4.64. The number of methoxy groups -OCH3 is 1. The van der Waals surface area contributed by atoms with Gasteiger partial charge in [0.15, 0.2) is 5.96 Å². The van der Waals surface area contributed by atoms with Crippen molar-refractivity contribution < 1.29 is 9.15 Å². The summed E-state index contributed by atoms with van der Waals surface area (Å²) in [6, 6.07) is 12.6. The Hall–Kier alpha value is -1.94. The SMILES string of the molecule is CN=C(NCC1CCN(c2cccc(OC)c2)C1)NCC(c1ccco1)N1CCCC1.I. The molecule has 0 spiro atoms. The molecule has 2 fully saturated rings. The van der Waals surface area contributed by atoms with E-state index < -0.39 is 0 Å². The lowest BCUT2D eigenvalue weighted by molar-refractivity contribution is 0.215. The number of ether oxygens (including phenoxy) is 1. The van der Waals surface area contributed by atoms with E-state index in [-0.39, 0.29) is 30.0 Å². The molecule has 2 N–H and O–H groups in total. The summed E-state index contributed by atoms with van der Waals surface area (Å²) in [7, 11) is 3.55. The van der Waals surface area contributed by atoms with Gasteiger partial charge in [0.2, 0.25) is 0 Å². The van der Waals surface area contributed by atoms with Gasteiger partial charge in [-0.3, -0.25) is 9.89 Å². The van der Waals surface area contributed by atoms with E-state index in [9.17, 15) is 0 Å². The van der Waals surface area contributed by atoms with Crippen LogP contribution in [0.15, 0.2) is 52.1 Å². The number of aliphatic imine (C=N–C) groups is 1. The van der Waals surface area contributed by atoms with Crippen molar-refractivity contribution in [2.24, 2.45) is 10.9 Å². The number of nitrogens with zero attached hydrogens (tertiary/aromatic N) is 3. The Labute approximate surface area is 208 Å². The molecule has 0 aliphatic carbocycles. The molecule has 2 atom stereocenters. The molecule has 7 nitrogen and oxygen atoms in total. The van der Waals surface area contributed by atoms with Crippen molar-refractivity contribution >= 4 is 35.6 Å². The summed E-state index contributed by atoms with van der Waals surface area (Å²) >= 11 is 0. The number of rotatable bonds is 8. The number of anilines is 1. The van der Waals surface area contributed by atoms with E-state index in [1.807, 2.05) is 19.2 Å². The van der Waals surface area contributed by atoms with Gasteiger partial charge in [0, 0.05) is 45.0 Å². The van der Waals surface area contributed by atoms with Gasteiger partial charge in [-0.2, -0.15) is 0 Å². The van der Waals surface area contributed by atoms with Crippen LogP contribution in [0.1, 0.15) is 31.1 Å². The van der Waals surface area contributed by atoms with Crippen LogP contribution >= 0.6 is 24.0 Å². The van der Waals surface area contributed by atoms with E-state index in [0.717, 1.165) is 56.7 Å². The van der Waals surface area contributed by atoms with Crippen molar-refractivity contribution in [1.82, 2.24) is 15.5 Å². The molecule has 4 rings (SSSR count). The highest BCUT2D eigenvalue weighted by molar-refractivity contribution is 14.0. The maximum atomic E-state index is 5.73. The Bertz CT molecular complexity index is 839. The lowest BCUT2D eigenvalue weighted by Crippen LogP contribution is -2.44. The third-order valence-electron chi connectivity index (χ3n) is 6.40. The molecule has 1 aromatic carbocycles. The first-order valence-corrected chi connectivity index (χ1v) is 11.4. The van der Waals surface area contributed by atoms with Gasteiger partial charge in [0.25, 0.3) is 0 Å². The molecule has 3 heterocycles. The van der Waals surface area contributed by atoms with E-state index in [0.29, 0.717) is 5.92 Å².